The summed E-state index contributed by atoms with van der Waals surface area (Å²) in [6.07, 6.45) is 2.37. The van der Waals surface area contributed by atoms with Crippen LogP contribution in [-0.4, -0.2) is 68.7 Å². The van der Waals surface area contributed by atoms with Crippen molar-refractivity contribution in [3.05, 3.63) is 0 Å². The van der Waals surface area contributed by atoms with Gasteiger partial charge < -0.3 is 20.3 Å². The van der Waals surface area contributed by atoms with Crippen molar-refractivity contribution in [2.45, 2.75) is 32.7 Å². The smallest absolute Gasteiger partial charge is 0.191 e. The van der Waals surface area contributed by atoms with Crippen molar-refractivity contribution >= 4 is 5.96 Å². The second kappa shape index (κ2) is 8.38. The van der Waals surface area contributed by atoms with Crippen LogP contribution >= 0.6 is 0 Å². The van der Waals surface area contributed by atoms with Crippen LogP contribution in [0, 0.1) is 5.92 Å². The van der Waals surface area contributed by atoms with Gasteiger partial charge in [-0.1, -0.05) is 26.7 Å². The summed E-state index contributed by atoms with van der Waals surface area (Å²) in [5.41, 5.74) is 6.08. The lowest BCUT2D eigenvalue weighted by Crippen LogP contribution is -2.46. The average molecular weight is 270 g/mol. The third kappa shape index (κ3) is 4.99. The van der Waals surface area contributed by atoms with Crippen LogP contribution in [0.1, 0.15) is 26.7 Å². The highest BCUT2D eigenvalue weighted by atomic mass is 16.5. The Morgan fingerprint density at radius 1 is 1.26 bits per heavy atom. The van der Waals surface area contributed by atoms with E-state index in [2.05, 4.69) is 42.7 Å². The molecule has 0 saturated carbocycles. The molecule has 1 aliphatic heterocycles. The predicted octanol–water partition coefficient (Wildman–Crippen LogP) is 1.000. The van der Waals surface area contributed by atoms with Crippen molar-refractivity contribution in [1.29, 1.82) is 0 Å². The number of rotatable bonds is 6. The summed E-state index contributed by atoms with van der Waals surface area (Å²) in [5, 5.41) is 0. The highest BCUT2D eigenvalue weighted by molar-refractivity contribution is 5.78. The SMILES string of the molecule is CCC(CC)[C@H](CN=C(N)N1CCOCC1)N(C)C. The first kappa shape index (κ1) is 16.2. The minimum atomic E-state index is 0.467. The molecule has 0 bridgehead atoms. The number of likely N-dealkylation sites (N-methyl/N-ethyl adjacent to an activating group) is 1. The number of ether oxygens (including phenoxy) is 1. The van der Waals surface area contributed by atoms with Gasteiger partial charge in [0.1, 0.15) is 0 Å². The van der Waals surface area contributed by atoms with Crippen molar-refractivity contribution in [2.24, 2.45) is 16.6 Å². The zero-order valence-electron chi connectivity index (χ0n) is 12.9. The molecule has 0 aromatic carbocycles. The van der Waals surface area contributed by atoms with Crippen LogP contribution in [0.5, 0.6) is 0 Å². The molecule has 1 fully saturated rings. The van der Waals surface area contributed by atoms with Gasteiger partial charge in [-0.15, -0.1) is 0 Å². The van der Waals surface area contributed by atoms with Crippen LogP contribution in [0.2, 0.25) is 0 Å². The summed E-state index contributed by atoms with van der Waals surface area (Å²) < 4.78 is 5.33. The maximum atomic E-state index is 6.08. The van der Waals surface area contributed by atoms with Gasteiger partial charge in [-0.2, -0.15) is 0 Å². The van der Waals surface area contributed by atoms with Crippen molar-refractivity contribution in [3.63, 3.8) is 0 Å². The van der Waals surface area contributed by atoms with Gasteiger partial charge in [-0.25, -0.2) is 0 Å². The van der Waals surface area contributed by atoms with E-state index in [0.29, 0.717) is 17.9 Å². The van der Waals surface area contributed by atoms with Gasteiger partial charge in [0.15, 0.2) is 5.96 Å². The molecule has 5 nitrogen and oxygen atoms in total. The molecule has 5 heteroatoms. The molecule has 112 valence electrons. The molecule has 0 amide bonds. The van der Waals surface area contributed by atoms with Crippen molar-refractivity contribution in [2.75, 3.05) is 46.9 Å². The highest BCUT2D eigenvalue weighted by Crippen LogP contribution is 2.17. The van der Waals surface area contributed by atoms with Crippen LogP contribution in [0.3, 0.4) is 0 Å². The topological polar surface area (TPSA) is 54.1 Å². The Balaban J connectivity index is 2.58. The van der Waals surface area contributed by atoms with E-state index >= 15 is 0 Å². The van der Waals surface area contributed by atoms with Crippen LogP contribution in [0.25, 0.3) is 0 Å². The highest BCUT2D eigenvalue weighted by Gasteiger charge is 2.21. The number of hydrogen-bond donors (Lipinski definition) is 1. The third-order valence-corrected chi connectivity index (χ3v) is 4.03. The number of nitrogens with zero attached hydrogens (tertiary/aromatic N) is 3. The lowest BCUT2D eigenvalue weighted by molar-refractivity contribution is 0.0673. The predicted molar refractivity (Wildman–Crippen MR) is 80.4 cm³/mol. The molecule has 0 radical (unpaired) electrons. The zero-order chi connectivity index (χ0) is 14.3. The normalized spacial score (nSPS) is 19.3. The lowest BCUT2D eigenvalue weighted by Gasteiger charge is -2.31. The molecule has 1 atom stereocenters. The minimum Gasteiger partial charge on any atom is -0.378 e. The quantitative estimate of drug-likeness (QED) is 0.578. The fourth-order valence-electron chi connectivity index (χ4n) is 2.65. The molecule has 2 N–H and O–H groups in total. The molecular weight excluding hydrogens is 240 g/mol. The Hall–Kier alpha value is -0.810. The van der Waals surface area contributed by atoms with Gasteiger partial charge in [0.05, 0.1) is 19.8 Å². The Morgan fingerprint density at radius 2 is 1.84 bits per heavy atom. The van der Waals surface area contributed by atoms with E-state index in [1.807, 2.05) is 0 Å². The van der Waals surface area contributed by atoms with E-state index in [-0.39, 0.29) is 0 Å². The molecule has 0 spiro atoms. The summed E-state index contributed by atoms with van der Waals surface area (Å²) in [6.45, 7) is 8.49. The van der Waals surface area contributed by atoms with Crippen molar-refractivity contribution in [3.8, 4) is 0 Å². The first-order valence-electron chi connectivity index (χ1n) is 7.39. The van der Waals surface area contributed by atoms with E-state index in [1.54, 1.807) is 0 Å². The Labute approximate surface area is 117 Å². The van der Waals surface area contributed by atoms with Crippen LogP contribution in [0.15, 0.2) is 4.99 Å². The first-order valence-corrected chi connectivity index (χ1v) is 7.39. The van der Waals surface area contributed by atoms with E-state index in [0.717, 1.165) is 32.8 Å². The number of hydrogen-bond acceptors (Lipinski definition) is 3. The van der Waals surface area contributed by atoms with E-state index in [4.69, 9.17) is 10.5 Å². The second-order valence-corrected chi connectivity index (χ2v) is 5.41. The third-order valence-electron chi connectivity index (χ3n) is 4.03. The molecule has 0 aromatic rings. The molecule has 1 aliphatic rings. The monoisotopic (exact) mass is 270 g/mol. The zero-order valence-corrected chi connectivity index (χ0v) is 12.9. The van der Waals surface area contributed by atoms with Crippen LogP contribution in [-0.2, 0) is 4.74 Å². The van der Waals surface area contributed by atoms with Crippen LogP contribution in [0.4, 0.5) is 0 Å². The van der Waals surface area contributed by atoms with E-state index < -0.39 is 0 Å². The van der Waals surface area contributed by atoms with Crippen molar-refractivity contribution < 1.29 is 4.74 Å². The summed E-state index contributed by atoms with van der Waals surface area (Å²) in [4.78, 5) is 9.00. The fraction of sp³-hybridized carbons (Fsp3) is 0.929. The maximum absolute atomic E-state index is 6.08. The average Bonchev–Trinajstić information content (AvgIpc) is 2.43. The van der Waals surface area contributed by atoms with Gasteiger partial charge in [-0.3, -0.25) is 4.99 Å². The van der Waals surface area contributed by atoms with Gasteiger partial charge in [0, 0.05) is 19.1 Å². The molecule has 0 unspecified atom stereocenters. The molecule has 0 aromatic heterocycles. The standard InChI is InChI=1S/C14H30N4O/c1-5-12(6-2)13(17(3)4)11-16-14(15)18-7-9-19-10-8-18/h12-13H,5-11H2,1-4H3,(H2,15,16)/t13-/m0/s1. The molecule has 0 aliphatic carbocycles. The van der Waals surface area contributed by atoms with Gasteiger partial charge in [0.25, 0.3) is 0 Å². The molecule has 19 heavy (non-hydrogen) atoms. The molecule has 1 saturated heterocycles. The Morgan fingerprint density at radius 3 is 2.32 bits per heavy atom. The number of guanidine groups is 1. The maximum Gasteiger partial charge on any atom is 0.191 e. The lowest BCUT2D eigenvalue weighted by atomic mass is 9.93. The molecule has 1 rings (SSSR count). The minimum absolute atomic E-state index is 0.467. The van der Waals surface area contributed by atoms with E-state index in [9.17, 15) is 0 Å². The summed E-state index contributed by atoms with van der Waals surface area (Å²) in [5.74, 6) is 1.34. The fourth-order valence-corrected chi connectivity index (χ4v) is 2.65. The number of nitrogens with two attached hydrogens (primary N) is 1. The number of aliphatic imine (C=N–C) groups is 1. The summed E-state index contributed by atoms with van der Waals surface area (Å²) in [6, 6.07) is 0.467. The van der Waals surface area contributed by atoms with Gasteiger partial charge in [0.2, 0.25) is 0 Å². The number of morpholine rings is 1. The second-order valence-electron chi connectivity index (χ2n) is 5.41. The van der Waals surface area contributed by atoms with Crippen LogP contribution < -0.4 is 5.73 Å². The van der Waals surface area contributed by atoms with E-state index in [1.165, 1.54) is 12.8 Å². The Kier molecular flexibility index (Phi) is 7.16. The first-order chi connectivity index (χ1) is 9.10. The largest absolute Gasteiger partial charge is 0.378 e. The van der Waals surface area contributed by atoms with Crippen molar-refractivity contribution in [1.82, 2.24) is 9.80 Å². The van der Waals surface area contributed by atoms with Gasteiger partial charge >= 0.3 is 0 Å². The summed E-state index contributed by atoms with van der Waals surface area (Å²) in [7, 11) is 4.26. The van der Waals surface area contributed by atoms with Gasteiger partial charge in [-0.05, 0) is 20.0 Å². The molecule has 1 heterocycles. The Bertz CT molecular complexity index is 271. The summed E-state index contributed by atoms with van der Waals surface area (Å²) >= 11 is 0. The molecular formula is C14H30N4O.